The molecular formula is C37H61N7O8S. The Morgan fingerprint density at radius 1 is 1.08 bits per heavy atom. The summed E-state index contributed by atoms with van der Waals surface area (Å²) in [6.45, 7) is 13.5. The van der Waals surface area contributed by atoms with Crippen LogP contribution in [0.25, 0.3) is 0 Å². The molecule has 2 aromatic rings. The zero-order valence-electron chi connectivity index (χ0n) is 32.1. The minimum absolute atomic E-state index is 0.0508. The Bertz CT molecular complexity index is 1480. The normalized spacial score (nSPS) is 15.1. The molecule has 8 N–H and O–H groups in total. The van der Waals surface area contributed by atoms with Crippen LogP contribution in [0.5, 0.6) is 5.75 Å². The van der Waals surface area contributed by atoms with Crippen LogP contribution in [0.1, 0.15) is 77.8 Å². The SMILES string of the molecule is CC(CCOC(C)(C)CCNC=O)OCCN.CCC(NS(=O)(=O)c1ccc(OC)cc1)C(=O)N1CCCC1C.N=C(N)c1ccc(CNC=O)cc1. The highest BCUT2D eigenvalue weighted by Gasteiger charge is 2.32. The molecule has 1 aliphatic rings. The summed E-state index contributed by atoms with van der Waals surface area (Å²) < 4.78 is 43.7. The smallest absolute Gasteiger partial charge is 0.241 e. The molecule has 0 spiro atoms. The number of nitrogens with one attached hydrogen (secondary N) is 4. The largest absolute Gasteiger partial charge is 0.497 e. The summed E-state index contributed by atoms with van der Waals surface area (Å²) in [5.41, 5.74) is 12.1. The maximum absolute atomic E-state index is 12.6. The van der Waals surface area contributed by atoms with Crippen LogP contribution in [0.15, 0.2) is 53.4 Å². The molecule has 1 aliphatic heterocycles. The highest BCUT2D eigenvalue weighted by Crippen LogP contribution is 2.20. The van der Waals surface area contributed by atoms with Gasteiger partial charge in [-0.1, -0.05) is 31.2 Å². The third-order valence-corrected chi connectivity index (χ3v) is 9.84. The zero-order chi connectivity index (χ0) is 39.9. The number of hydrogen-bond donors (Lipinski definition) is 6. The molecule has 1 saturated heterocycles. The third kappa shape index (κ3) is 18.5. The van der Waals surface area contributed by atoms with Gasteiger partial charge in [-0.2, -0.15) is 4.72 Å². The van der Waals surface area contributed by atoms with Crippen molar-refractivity contribution in [2.75, 3.05) is 40.0 Å². The number of carbonyl (C=O) groups excluding carboxylic acids is 3. The molecule has 16 heteroatoms. The van der Waals surface area contributed by atoms with E-state index in [2.05, 4.69) is 15.4 Å². The maximum atomic E-state index is 12.6. The number of methoxy groups -OCH3 is 1. The average Bonchev–Trinajstić information content (AvgIpc) is 3.58. The van der Waals surface area contributed by atoms with Crippen LogP contribution < -0.4 is 31.6 Å². The number of amidine groups is 1. The molecule has 3 unspecified atom stereocenters. The van der Waals surface area contributed by atoms with E-state index < -0.39 is 16.1 Å². The molecule has 3 rings (SSSR count). The molecule has 1 fully saturated rings. The first-order chi connectivity index (χ1) is 25.1. The summed E-state index contributed by atoms with van der Waals surface area (Å²) in [4.78, 5) is 34.6. The van der Waals surface area contributed by atoms with Crippen molar-refractivity contribution in [1.82, 2.24) is 20.3 Å². The van der Waals surface area contributed by atoms with E-state index in [0.717, 1.165) is 31.2 Å². The first-order valence-electron chi connectivity index (χ1n) is 17.8. The lowest BCUT2D eigenvalue weighted by molar-refractivity contribution is -0.133. The van der Waals surface area contributed by atoms with E-state index >= 15 is 0 Å². The van der Waals surface area contributed by atoms with Gasteiger partial charge in [-0.3, -0.25) is 19.8 Å². The zero-order valence-corrected chi connectivity index (χ0v) is 32.9. The van der Waals surface area contributed by atoms with Gasteiger partial charge in [0.15, 0.2) is 0 Å². The molecule has 53 heavy (non-hydrogen) atoms. The van der Waals surface area contributed by atoms with Crippen molar-refractivity contribution in [2.45, 2.75) is 102 Å². The minimum Gasteiger partial charge on any atom is -0.497 e. The number of nitrogens with zero attached hydrogens (tertiary/aromatic N) is 1. The second-order valence-electron chi connectivity index (χ2n) is 13.1. The molecule has 0 radical (unpaired) electrons. The fraction of sp³-hybridized carbons (Fsp3) is 0.568. The molecule has 0 bridgehead atoms. The van der Waals surface area contributed by atoms with Gasteiger partial charge in [-0.15, -0.1) is 0 Å². The highest BCUT2D eigenvalue weighted by atomic mass is 32.2. The van der Waals surface area contributed by atoms with Gasteiger partial charge in [0.2, 0.25) is 28.8 Å². The van der Waals surface area contributed by atoms with Crippen molar-refractivity contribution in [1.29, 1.82) is 5.41 Å². The quantitative estimate of drug-likeness (QED) is 0.0472. The van der Waals surface area contributed by atoms with Gasteiger partial charge >= 0.3 is 0 Å². The number of nitrogens with two attached hydrogens (primary N) is 2. The summed E-state index contributed by atoms with van der Waals surface area (Å²) in [6.07, 6.45) is 5.52. The topological polar surface area (TPSA) is 228 Å². The molecule has 2 aromatic carbocycles. The Balaban J connectivity index is 0.000000416. The van der Waals surface area contributed by atoms with Gasteiger partial charge in [0.1, 0.15) is 17.6 Å². The predicted molar refractivity (Wildman–Crippen MR) is 206 cm³/mol. The number of sulfonamides is 1. The van der Waals surface area contributed by atoms with E-state index in [9.17, 15) is 22.8 Å². The monoisotopic (exact) mass is 763 g/mol. The fourth-order valence-corrected chi connectivity index (χ4v) is 6.37. The summed E-state index contributed by atoms with van der Waals surface area (Å²) in [5, 5.41) is 12.3. The van der Waals surface area contributed by atoms with Crippen molar-refractivity contribution in [2.24, 2.45) is 11.5 Å². The van der Waals surface area contributed by atoms with Crippen LogP contribution in [0.4, 0.5) is 0 Å². The lowest BCUT2D eigenvalue weighted by Crippen LogP contribution is -2.49. The molecule has 0 aromatic heterocycles. The van der Waals surface area contributed by atoms with Crippen LogP contribution in [0.3, 0.4) is 0 Å². The molecule has 1 heterocycles. The average molecular weight is 764 g/mol. The number of rotatable bonds is 21. The van der Waals surface area contributed by atoms with E-state index in [4.69, 9.17) is 31.1 Å². The van der Waals surface area contributed by atoms with Crippen molar-refractivity contribution in [3.05, 3.63) is 59.7 Å². The van der Waals surface area contributed by atoms with Gasteiger partial charge in [-0.05, 0) is 89.6 Å². The predicted octanol–water partition coefficient (Wildman–Crippen LogP) is 2.65. The Morgan fingerprint density at radius 2 is 1.72 bits per heavy atom. The van der Waals surface area contributed by atoms with E-state index in [0.29, 0.717) is 69.9 Å². The summed E-state index contributed by atoms with van der Waals surface area (Å²) in [7, 11) is -2.22. The Labute approximate surface area is 315 Å². The number of carbonyl (C=O) groups is 3. The lowest BCUT2D eigenvalue weighted by atomic mass is 10.1. The van der Waals surface area contributed by atoms with Crippen LogP contribution in [0, 0.1) is 5.41 Å². The summed E-state index contributed by atoms with van der Waals surface area (Å²) >= 11 is 0. The molecular weight excluding hydrogens is 703 g/mol. The number of ether oxygens (including phenoxy) is 3. The summed E-state index contributed by atoms with van der Waals surface area (Å²) in [6, 6.07) is 12.7. The molecule has 3 atom stereocenters. The first kappa shape index (κ1) is 46.9. The standard InChI is InChI=1S/C16H24N2O4S.C12H26N2O3.C9H11N3O/c1-4-15(16(19)18-11-5-6-12(18)2)17-23(20,21)14-9-7-13(22-3)8-10-14;1-11(16-9-6-13)4-8-17-12(2,3)5-7-14-10-15;10-9(11)8-3-1-7(2-4-8)5-12-6-13/h7-10,12,15,17H,4-6,11H2,1-3H3;10-11H,4-9,13H2,1-3H3,(H,14,15);1-4,6H,5H2,(H3,10,11)(H,12,13). The van der Waals surface area contributed by atoms with E-state index in [1.165, 1.54) is 19.2 Å². The van der Waals surface area contributed by atoms with Gasteiger partial charge in [-0.25, -0.2) is 8.42 Å². The number of hydrogen-bond acceptors (Lipinski definition) is 10. The first-order valence-corrected chi connectivity index (χ1v) is 19.3. The van der Waals surface area contributed by atoms with Crippen molar-refractivity contribution in [3.8, 4) is 5.75 Å². The van der Waals surface area contributed by atoms with Crippen molar-refractivity contribution in [3.63, 3.8) is 0 Å². The number of benzene rings is 2. The van der Waals surface area contributed by atoms with Gasteiger partial charge in [0, 0.05) is 44.4 Å². The summed E-state index contributed by atoms with van der Waals surface area (Å²) in [5.74, 6) is 0.488. The molecule has 0 saturated carbocycles. The van der Waals surface area contributed by atoms with Crippen molar-refractivity contribution < 1.29 is 37.0 Å². The van der Waals surface area contributed by atoms with Gasteiger partial charge in [0.25, 0.3) is 0 Å². The van der Waals surface area contributed by atoms with Crippen LogP contribution in [-0.2, 0) is 40.4 Å². The molecule has 298 valence electrons. The second kappa shape index (κ2) is 25.0. The van der Waals surface area contributed by atoms with E-state index in [-0.39, 0.29) is 34.4 Å². The van der Waals surface area contributed by atoms with Gasteiger partial charge in [0.05, 0.1) is 30.3 Å². The lowest BCUT2D eigenvalue weighted by Gasteiger charge is -2.26. The van der Waals surface area contributed by atoms with E-state index in [1.807, 2.05) is 39.8 Å². The van der Waals surface area contributed by atoms with Crippen molar-refractivity contribution >= 4 is 34.6 Å². The number of amides is 3. The van der Waals surface area contributed by atoms with Crippen LogP contribution in [0.2, 0.25) is 0 Å². The van der Waals surface area contributed by atoms with Crippen LogP contribution >= 0.6 is 0 Å². The van der Waals surface area contributed by atoms with Crippen LogP contribution in [-0.4, -0.2) is 102 Å². The number of nitrogen functional groups attached to an aromatic ring is 1. The third-order valence-electron chi connectivity index (χ3n) is 8.36. The minimum atomic E-state index is -3.74. The fourth-order valence-electron chi connectivity index (χ4n) is 5.10. The van der Waals surface area contributed by atoms with E-state index in [1.54, 1.807) is 36.1 Å². The molecule has 15 nitrogen and oxygen atoms in total. The Kier molecular flexibility index (Phi) is 22.2. The molecule has 0 aliphatic carbocycles. The highest BCUT2D eigenvalue weighted by molar-refractivity contribution is 7.89. The Hall–Kier alpha value is -4.09. The second-order valence-corrected chi connectivity index (χ2v) is 14.8. The Morgan fingerprint density at radius 3 is 2.23 bits per heavy atom. The maximum Gasteiger partial charge on any atom is 0.241 e. The molecule has 3 amide bonds. The van der Waals surface area contributed by atoms with Gasteiger partial charge < -0.3 is 41.2 Å². The number of likely N-dealkylation sites (tertiary alicyclic amines) is 1.